The molecule has 0 atom stereocenters. The number of aromatic nitrogens is 2. The van der Waals surface area contributed by atoms with Gasteiger partial charge in [-0.3, -0.25) is 0 Å². The Morgan fingerprint density at radius 2 is 2.50 bits per heavy atom. The van der Waals surface area contributed by atoms with Crippen molar-refractivity contribution in [3.8, 4) is 0 Å². The molecule has 1 aromatic heterocycles. The topological polar surface area (TPSA) is 81.1 Å². The van der Waals surface area contributed by atoms with E-state index in [0.29, 0.717) is 13.1 Å². The van der Waals surface area contributed by atoms with Crippen molar-refractivity contribution in [1.29, 1.82) is 0 Å². The lowest BCUT2D eigenvalue weighted by Crippen LogP contribution is -2.11. The van der Waals surface area contributed by atoms with Gasteiger partial charge < -0.3 is 15.4 Å². The van der Waals surface area contributed by atoms with E-state index in [2.05, 4.69) is 4.98 Å². The predicted molar refractivity (Wildman–Crippen MR) is 42.9 cm³/mol. The maximum Gasteiger partial charge on any atom is 0.372 e. The number of aromatic carboxylic acids is 1. The van der Waals surface area contributed by atoms with Gasteiger partial charge in [0.1, 0.15) is 0 Å². The zero-order valence-electron chi connectivity index (χ0n) is 6.60. The number of aryl methyl sites for hydroxylation is 1. The maximum atomic E-state index is 10.5. The number of carboxylic acid groups (broad SMARTS) is 1. The third-order valence-corrected chi connectivity index (χ3v) is 1.51. The van der Waals surface area contributed by atoms with Gasteiger partial charge >= 0.3 is 5.97 Å². The van der Waals surface area contributed by atoms with Gasteiger partial charge in [-0.1, -0.05) is 0 Å². The molecule has 0 saturated heterocycles. The first-order valence-electron chi connectivity index (χ1n) is 3.70. The molecule has 1 heterocycles. The molecule has 1 aromatic rings. The summed E-state index contributed by atoms with van der Waals surface area (Å²) in [4.78, 5) is 14.2. The summed E-state index contributed by atoms with van der Waals surface area (Å²) in [5, 5.41) is 8.64. The van der Waals surface area contributed by atoms with E-state index in [1.165, 1.54) is 6.20 Å². The van der Waals surface area contributed by atoms with Gasteiger partial charge in [-0.2, -0.15) is 0 Å². The third kappa shape index (κ3) is 1.82. The van der Waals surface area contributed by atoms with Gasteiger partial charge in [0.25, 0.3) is 0 Å². The standard InChI is InChI=1S/C7H11N3O2/c8-2-1-4-10-5-3-9-6(10)7(11)12/h3,5H,1-2,4,8H2,(H,11,12). The Balaban J connectivity index is 2.70. The summed E-state index contributed by atoms with van der Waals surface area (Å²) in [5.41, 5.74) is 5.29. The van der Waals surface area contributed by atoms with Crippen LogP contribution in [0.5, 0.6) is 0 Å². The lowest BCUT2D eigenvalue weighted by atomic mass is 10.4. The van der Waals surface area contributed by atoms with Crippen molar-refractivity contribution < 1.29 is 9.90 Å². The molecule has 0 aliphatic rings. The fraction of sp³-hybridized carbons (Fsp3) is 0.429. The van der Waals surface area contributed by atoms with Gasteiger partial charge in [0.15, 0.2) is 0 Å². The van der Waals surface area contributed by atoms with Crippen molar-refractivity contribution in [3.05, 3.63) is 18.2 Å². The highest BCUT2D eigenvalue weighted by molar-refractivity contribution is 5.83. The lowest BCUT2D eigenvalue weighted by Gasteiger charge is -2.01. The molecule has 3 N–H and O–H groups in total. The van der Waals surface area contributed by atoms with Crippen LogP contribution < -0.4 is 5.73 Å². The summed E-state index contributed by atoms with van der Waals surface area (Å²) >= 11 is 0. The van der Waals surface area contributed by atoms with Crippen LogP contribution in [0.15, 0.2) is 12.4 Å². The van der Waals surface area contributed by atoms with Crippen LogP contribution in [0.25, 0.3) is 0 Å². The molecule has 66 valence electrons. The smallest absolute Gasteiger partial charge is 0.372 e. The number of rotatable bonds is 4. The highest BCUT2D eigenvalue weighted by Gasteiger charge is 2.09. The summed E-state index contributed by atoms with van der Waals surface area (Å²) in [6, 6.07) is 0. The van der Waals surface area contributed by atoms with Crippen LogP contribution in [-0.4, -0.2) is 27.2 Å². The Morgan fingerprint density at radius 3 is 3.08 bits per heavy atom. The number of imidazole rings is 1. The first-order chi connectivity index (χ1) is 5.75. The second-order valence-electron chi connectivity index (χ2n) is 2.39. The number of carbonyl (C=O) groups is 1. The van der Waals surface area contributed by atoms with Crippen LogP contribution in [0.1, 0.15) is 17.0 Å². The Labute approximate surface area is 69.8 Å². The number of hydrogen-bond donors (Lipinski definition) is 2. The van der Waals surface area contributed by atoms with Crippen molar-refractivity contribution in [1.82, 2.24) is 9.55 Å². The Bertz CT molecular complexity index is 269. The fourth-order valence-electron chi connectivity index (χ4n) is 0.949. The molecule has 1 rings (SSSR count). The molecule has 12 heavy (non-hydrogen) atoms. The number of carboxylic acids is 1. The first-order valence-corrected chi connectivity index (χ1v) is 3.70. The van der Waals surface area contributed by atoms with E-state index in [1.54, 1.807) is 10.8 Å². The molecular weight excluding hydrogens is 158 g/mol. The molecule has 0 radical (unpaired) electrons. The fourth-order valence-corrected chi connectivity index (χ4v) is 0.949. The van der Waals surface area contributed by atoms with Gasteiger partial charge in [0.2, 0.25) is 5.82 Å². The quantitative estimate of drug-likeness (QED) is 0.661. The summed E-state index contributed by atoms with van der Waals surface area (Å²) in [5.74, 6) is -0.930. The summed E-state index contributed by atoms with van der Waals surface area (Å²) in [6.07, 6.45) is 3.87. The molecule has 0 amide bonds. The number of nitrogens with zero attached hydrogens (tertiary/aromatic N) is 2. The summed E-state index contributed by atoms with van der Waals surface area (Å²) < 4.78 is 1.58. The number of hydrogen-bond acceptors (Lipinski definition) is 3. The zero-order valence-corrected chi connectivity index (χ0v) is 6.60. The zero-order chi connectivity index (χ0) is 8.97. The molecular formula is C7H11N3O2. The van der Waals surface area contributed by atoms with E-state index in [1.807, 2.05) is 0 Å². The van der Waals surface area contributed by atoms with E-state index in [4.69, 9.17) is 10.8 Å². The minimum atomic E-state index is -1.00. The molecule has 0 aromatic carbocycles. The lowest BCUT2D eigenvalue weighted by molar-refractivity contribution is 0.0678. The molecule has 0 bridgehead atoms. The van der Waals surface area contributed by atoms with Crippen molar-refractivity contribution in [2.24, 2.45) is 5.73 Å². The van der Waals surface area contributed by atoms with E-state index in [0.717, 1.165) is 6.42 Å². The molecule has 0 fully saturated rings. The first kappa shape index (κ1) is 8.73. The van der Waals surface area contributed by atoms with Gasteiger partial charge in [0.05, 0.1) is 0 Å². The molecule has 0 saturated carbocycles. The van der Waals surface area contributed by atoms with Gasteiger partial charge in [0, 0.05) is 18.9 Å². The van der Waals surface area contributed by atoms with Crippen molar-refractivity contribution in [2.45, 2.75) is 13.0 Å². The molecule has 0 aliphatic carbocycles. The summed E-state index contributed by atoms with van der Waals surface area (Å²) in [7, 11) is 0. The minimum absolute atomic E-state index is 0.0726. The van der Waals surface area contributed by atoms with Gasteiger partial charge in [-0.15, -0.1) is 0 Å². The highest BCUT2D eigenvalue weighted by Crippen LogP contribution is 1.98. The maximum absolute atomic E-state index is 10.5. The third-order valence-electron chi connectivity index (χ3n) is 1.51. The minimum Gasteiger partial charge on any atom is -0.475 e. The second kappa shape index (κ2) is 3.87. The van der Waals surface area contributed by atoms with E-state index < -0.39 is 5.97 Å². The van der Waals surface area contributed by atoms with Crippen LogP contribution in [-0.2, 0) is 6.54 Å². The van der Waals surface area contributed by atoms with Crippen LogP contribution in [0.3, 0.4) is 0 Å². The Morgan fingerprint density at radius 1 is 1.75 bits per heavy atom. The molecule has 5 heteroatoms. The Kier molecular flexibility index (Phi) is 2.82. The van der Waals surface area contributed by atoms with Crippen LogP contribution in [0.4, 0.5) is 0 Å². The van der Waals surface area contributed by atoms with E-state index in [-0.39, 0.29) is 5.82 Å². The van der Waals surface area contributed by atoms with Crippen LogP contribution >= 0.6 is 0 Å². The SMILES string of the molecule is NCCCn1ccnc1C(=O)O. The van der Waals surface area contributed by atoms with Gasteiger partial charge in [-0.05, 0) is 13.0 Å². The molecule has 0 spiro atoms. The molecule has 0 aliphatic heterocycles. The normalized spacial score (nSPS) is 10.1. The largest absolute Gasteiger partial charge is 0.475 e. The Hall–Kier alpha value is -1.36. The van der Waals surface area contributed by atoms with Crippen molar-refractivity contribution in [2.75, 3.05) is 6.54 Å². The van der Waals surface area contributed by atoms with E-state index >= 15 is 0 Å². The van der Waals surface area contributed by atoms with Crippen LogP contribution in [0.2, 0.25) is 0 Å². The van der Waals surface area contributed by atoms with Crippen molar-refractivity contribution >= 4 is 5.97 Å². The van der Waals surface area contributed by atoms with Gasteiger partial charge in [-0.25, -0.2) is 9.78 Å². The van der Waals surface area contributed by atoms with E-state index in [9.17, 15) is 4.79 Å². The average molecular weight is 169 g/mol. The molecule has 0 unspecified atom stereocenters. The molecule has 5 nitrogen and oxygen atoms in total. The monoisotopic (exact) mass is 169 g/mol. The second-order valence-corrected chi connectivity index (χ2v) is 2.39. The predicted octanol–water partition coefficient (Wildman–Crippen LogP) is -0.0699. The summed E-state index contributed by atoms with van der Waals surface area (Å²) in [6.45, 7) is 1.16. The van der Waals surface area contributed by atoms with Crippen LogP contribution in [0, 0.1) is 0 Å². The van der Waals surface area contributed by atoms with Crippen molar-refractivity contribution in [3.63, 3.8) is 0 Å². The number of nitrogens with two attached hydrogens (primary N) is 1. The average Bonchev–Trinajstić information content (AvgIpc) is 2.48. The highest BCUT2D eigenvalue weighted by atomic mass is 16.4.